The average molecular weight is 309 g/mol. The summed E-state index contributed by atoms with van der Waals surface area (Å²) in [6.07, 6.45) is 1.42. The van der Waals surface area contributed by atoms with Crippen molar-refractivity contribution < 1.29 is 14.6 Å². The summed E-state index contributed by atoms with van der Waals surface area (Å²) in [5.41, 5.74) is 1.51. The standard InChI is InChI=1S/C12H17N.C4H8O3.C2H6/c1-2-13-9-8-12(10-13)11-6-4-3-5-7-11;1-7-3-2-4(5)6;1-2/h3-7,12H,2,8-10H2,1H3;2-3H2,1H3,(H,5,6);1-2H3. The second-order valence-electron chi connectivity index (χ2n) is 4.93. The van der Waals surface area contributed by atoms with Crippen molar-refractivity contribution in [3.05, 3.63) is 35.9 Å². The number of likely N-dealkylation sites (tertiary alicyclic amines) is 1. The molecule has 0 bridgehead atoms. The van der Waals surface area contributed by atoms with Gasteiger partial charge in [0.15, 0.2) is 0 Å². The minimum absolute atomic E-state index is 0.0938. The molecule has 22 heavy (non-hydrogen) atoms. The molecule has 0 aliphatic carbocycles. The molecule has 1 saturated heterocycles. The van der Waals surface area contributed by atoms with E-state index in [1.54, 1.807) is 0 Å². The number of likely N-dealkylation sites (N-methyl/N-ethyl adjacent to an activating group) is 1. The van der Waals surface area contributed by atoms with Crippen LogP contribution in [0, 0.1) is 0 Å². The lowest BCUT2D eigenvalue weighted by Gasteiger charge is -2.12. The summed E-state index contributed by atoms with van der Waals surface area (Å²) in [7, 11) is 1.48. The number of ether oxygens (including phenoxy) is 1. The van der Waals surface area contributed by atoms with E-state index in [0.717, 1.165) is 5.92 Å². The molecular formula is C18H31NO3. The zero-order chi connectivity index (χ0) is 16.8. The molecule has 1 aromatic carbocycles. The van der Waals surface area contributed by atoms with Gasteiger partial charge < -0.3 is 14.7 Å². The Bertz CT molecular complexity index is 381. The monoisotopic (exact) mass is 309 g/mol. The molecule has 2 rings (SSSR count). The Hall–Kier alpha value is -1.39. The van der Waals surface area contributed by atoms with Crippen molar-refractivity contribution >= 4 is 5.97 Å². The van der Waals surface area contributed by atoms with Crippen LogP contribution in [0.2, 0.25) is 0 Å². The Labute approximate surface area is 135 Å². The molecule has 0 spiro atoms. The van der Waals surface area contributed by atoms with E-state index in [4.69, 9.17) is 5.11 Å². The molecule has 1 heterocycles. The van der Waals surface area contributed by atoms with Crippen molar-refractivity contribution in [2.24, 2.45) is 0 Å². The second-order valence-corrected chi connectivity index (χ2v) is 4.93. The van der Waals surface area contributed by atoms with E-state index in [-0.39, 0.29) is 6.42 Å². The molecule has 0 aromatic heterocycles. The fourth-order valence-electron chi connectivity index (χ4n) is 2.31. The number of aliphatic carboxylic acids is 1. The van der Waals surface area contributed by atoms with Crippen LogP contribution in [-0.2, 0) is 9.53 Å². The smallest absolute Gasteiger partial charge is 0.305 e. The van der Waals surface area contributed by atoms with E-state index in [2.05, 4.69) is 46.9 Å². The molecule has 1 aromatic rings. The highest BCUT2D eigenvalue weighted by molar-refractivity contribution is 5.66. The van der Waals surface area contributed by atoms with Gasteiger partial charge in [0, 0.05) is 13.7 Å². The average Bonchev–Trinajstić information content (AvgIpc) is 3.05. The topological polar surface area (TPSA) is 49.8 Å². The third-order valence-corrected chi connectivity index (χ3v) is 3.51. The molecule has 126 valence electrons. The summed E-state index contributed by atoms with van der Waals surface area (Å²) < 4.78 is 4.47. The third-order valence-electron chi connectivity index (χ3n) is 3.51. The van der Waals surface area contributed by atoms with E-state index in [0.29, 0.717) is 6.61 Å². The van der Waals surface area contributed by atoms with Crippen molar-refractivity contribution in [1.82, 2.24) is 4.90 Å². The van der Waals surface area contributed by atoms with Gasteiger partial charge in [0.05, 0.1) is 13.0 Å². The molecule has 0 radical (unpaired) electrons. The van der Waals surface area contributed by atoms with Crippen LogP contribution in [0.15, 0.2) is 30.3 Å². The lowest BCUT2D eigenvalue weighted by atomic mass is 9.99. The van der Waals surface area contributed by atoms with E-state index in [9.17, 15) is 4.79 Å². The van der Waals surface area contributed by atoms with Gasteiger partial charge in [-0.25, -0.2) is 0 Å². The maximum Gasteiger partial charge on any atom is 0.305 e. The first-order valence-electron chi connectivity index (χ1n) is 8.15. The largest absolute Gasteiger partial charge is 0.481 e. The van der Waals surface area contributed by atoms with E-state index >= 15 is 0 Å². The number of carboxylic acid groups (broad SMARTS) is 1. The van der Waals surface area contributed by atoms with Gasteiger partial charge in [-0.2, -0.15) is 0 Å². The zero-order valence-electron chi connectivity index (χ0n) is 14.4. The fraction of sp³-hybridized carbons (Fsp3) is 0.611. The Morgan fingerprint density at radius 3 is 2.36 bits per heavy atom. The summed E-state index contributed by atoms with van der Waals surface area (Å²) in [4.78, 5) is 12.2. The number of hydrogen-bond acceptors (Lipinski definition) is 3. The van der Waals surface area contributed by atoms with Crippen molar-refractivity contribution in [2.75, 3.05) is 33.4 Å². The van der Waals surface area contributed by atoms with Crippen LogP contribution in [0.3, 0.4) is 0 Å². The van der Waals surface area contributed by atoms with Crippen molar-refractivity contribution in [3.63, 3.8) is 0 Å². The number of carbonyl (C=O) groups is 1. The number of carboxylic acids is 1. The first-order chi connectivity index (χ1) is 10.7. The maximum absolute atomic E-state index is 9.68. The molecule has 1 N–H and O–H groups in total. The van der Waals surface area contributed by atoms with Crippen LogP contribution in [0.25, 0.3) is 0 Å². The molecule has 1 unspecified atom stereocenters. The minimum atomic E-state index is -0.818. The molecule has 4 heteroatoms. The molecule has 1 atom stereocenters. The number of hydrogen-bond donors (Lipinski definition) is 1. The number of rotatable bonds is 5. The lowest BCUT2D eigenvalue weighted by molar-refractivity contribution is -0.137. The summed E-state index contributed by atoms with van der Waals surface area (Å²) >= 11 is 0. The van der Waals surface area contributed by atoms with Gasteiger partial charge in [-0.15, -0.1) is 0 Å². The third kappa shape index (κ3) is 8.80. The fourth-order valence-corrected chi connectivity index (χ4v) is 2.31. The predicted octanol–water partition coefficient (Wildman–Crippen LogP) is 3.63. The minimum Gasteiger partial charge on any atom is -0.481 e. The highest BCUT2D eigenvalue weighted by Gasteiger charge is 2.21. The van der Waals surface area contributed by atoms with Crippen LogP contribution in [0.5, 0.6) is 0 Å². The Morgan fingerprint density at radius 1 is 1.32 bits per heavy atom. The van der Waals surface area contributed by atoms with Gasteiger partial charge in [-0.1, -0.05) is 51.1 Å². The summed E-state index contributed by atoms with van der Waals surface area (Å²) in [6.45, 7) is 10.3. The summed E-state index contributed by atoms with van der Waals surface area (Å²) in [6, 6.07) is 10.9. The normalized spacial score (nSPS) is 17.0. The molecule has 0 amide bonds. The van der Waals surface area contributed by atoms with Gasteiger partial charge in [-0.05, 0) is 31.0 Å². The number of nitrogens with zero attached hydrogens (tertiary/aromatic N) is 1. The zero-order valence-corrected chi connectivity index (χ0v) is 14.4. The first-order valence-corrected chi connectivity index (χ1v) is 8.15. The molecule has 4 nitrogen and oxygen atoms in total. The van der Waals surface area contributed by atoms with Crippen LogP contribution < -0.4 is 0 Å². The van der Waals surface area contributed by atoms with Crippen LogP contribution in [0.1, 0.15) is 45.1 Å². The maximum atomic E-state index is 9.68. The van der Waals surface area contributed by atoms with Gasteiger partial charge in [0.1, 0.15) is 0 Å². The molecule has 1 fully saturated rings. The quantitative estimate of drug-likeness (QED) is 0.902. The van der Waals surface area contributed by atoms with Crippen LogP contribution >= 0.6 is 0 Å². The molecule has 1 aliphatic rings. The molecule has 0 saturated carbocycles. The van der Waals surface area contributed by atoms with Crippen molar-refractivity contribution in [2.45, 2.75) is 39.5 Å². The highest BCUT2D eigenvalue weighted by atomic mass is 16.5. The van der Waals surface area contributed by atoms with E-state index < -0.39 is 5.97 Å². The van der Waals surface area contributed by atoms with Crippen LogP contribution in [-0.4, -0.2) is 49.3 Å². The highest BCUT2D eigenvalue weighted by Crippen LogP contribution is 2.26. The Balaban J connectivity index is 0.000000421. The van der Waals surface area contributed by atoms with E-state index in [1.165, 1.54) is 38.7 Å². The Kier molecular flexibility index (Phi) is 12.4. The van der Waals surface area contributed by atoms with Crippen LogP contribution in [0.4, 0.5) is 0 Å². The summed E-state index contributed by atoms with van der Waals surface area (Å²) in [5, 5.41) is 7.96. The first kappa shape index (κ1) is 20.6. The number of benzene rings is 1. The molecule has 1 aliphatic heterocycles. The predicted molar refractivity (Wildman–Crippen MR) is 91.4 cm³/mol. The summed E-state index contributed by atoms with van der Waals surface area (Å²) in [5.74, 6) is -0.0389. The van der Waals surface area contributed by atoms with Gasteiger partial charge in [-0.3, -0.25) is 4.79 Å². The van der Waals surface area contributed by atoms with Gasteiger partial charge in [0.2, 0.25) is 0 Å². The van der Waals surface area contributed by atoms with Gasteiger partial charge in [0.25, 0.3) is 0 Å². The van der Waals surface area contributed by atoms with Crippen molar-refractivity contribution in [3.8, 4) is 0 Å². The van der Waals surface area contributed by atoms with E-state index in [1.807, 2.05) is 13.8 Å². The lowest BCUT2D eigenvalue weighted by Crippen LogP contribution is -2.19. The number of methoxy groups -OCH3 is 1. The SMILES string of the molecule is CC.CCN1CCC(c2ccccc2)C1.COCCC(=O)O. The molecular weight excluding hydrogens is 278 g/mol. The van der Waals surface area contributed by atoms with Gasteiger partial charge >= 0.3 is 5.97 Å². The van der Waals surface area contributed by atoms with Crippen molar-refractivity contribution in [1.29, 1.82) is 0 Å². The Morgan fingerprint density at radius 2 is 1.95 bits per heavy atom. The second kappa shape index (κ2) is 13.3.